The molecule has 12 nitrogen and oxygen atoms in total. The van der Waals surface area contributed by atoms with Crippen molar-refractivity contribution in [1.82, 2.24) is 0 Å². The summed E-state index contributed by atoms with van der Waals surface area (Å²) in [6, 6.07) is 16.7. The van der Waals surface area contributed by atoms with Gasteiger partial charge in [0.25, 0.3) is 0 Å². The van der Waals surface area contributed by atoms with E-state index < -0.39 is 0 Å². The lowest BCUT2D eigenvalue weighted by Crippen LogP contribution is -1.67. The summed E-state index contributed by atoms with van der Waals surface area (Å²) < 4.78 is 0. The molecule has 0 aromatic heterocycles. The zero-order valence-corrected chi connectivity index (χ0v) is 14.1. The van der Waals surface area contributed by atoms with E-state index in [1.54, 1.807) is 0 Å². The van der Waals surface area contributed by atoms with Gasteiger partial charge in [-0.05, 0) is 10.8 Å². The maximum Gasteiger partial charge on any atom is 0.231 e. The van der Waals surface area contributed by atoms with Crippen LogP contribution in [0.3, 0.4) is 0 Å². The van der Waals surface area contributed by atoms with E-state index in [4.69, 9.17) is 61.2 Å². The molecule has 0 aliphatic carbocycles. The Hall–Kier alpha value is -5.02. The SMILES string of the molecule is N=C=O.N=C=O.N=C=O.N=C=O.N=C=O.N=C=O.c1ccc2ccccc2c1. The molecule has 144 valence electrons. The van der Waals surface area contributed by atoms with Crippen molar-refractivity contribution >= 4 is 47.3 Å². The summed E-state index contributed by atoms with van der Waals surface area (Å²) in [4.78, 5) is 50.1. The quantitative estimate of drug-likeness (QED) is 0.292. The van der Waals surface area contributed by atoms with Crippen LogP contribution < -0.4 is 0 Å². The highest BCUT2D eigenvalue weighted by Crippen LogP contribution is 2.11. The van der Waals surface area contributed by atoms with Gasteiger partial charge in [-0.15, -0.1) is 0 Å². The van der Waals surface area contributed by atoms with Crippen LogP contribution in [-0.2, 0) is 28.8 Å². The van der Waals surface area contributed by atoms with Gasteiger partial charge in [-0.3, -0.25) is 0 Å². The largest absolute Gasteiger partial charge is 0.231 e. The second kappa shape index (κ2) is 43.1. The van der Waals surface area contributed by atoms with Gasteiger partial charge in [0.2, 0.25) is 36.5 Å². The fourth-order valence-electron chi connectivity index (χ4n) is 1.13. The van der Waals surface area contributed by atoms with E-state index in [1.807, 2.05) is 0 Å². The van der Waals surface area contributed by atoms with E-state index in [-0.39, 0.29) is 0 Å². The smallest absolute Gasteiger partial charge is 0.222 e. The molecule has 0 fully saturated rings. The van der Waals surface area contributed by atoms with Gasteiger partial charge >= 0.3 is 0 Å². The molecule has 0 spiro atoms. The van der Waals surface area contributed by atoms with E-state index in [0.717, 1.165) is 36.5 Å². The lowest BCUT2D eigenvalue weighted by atomic mass is 10.1. The van der Waals surface area contributed by atoms with Gasteiger partial charge in [0.15, 0.2) is 0 Å². The molecule has 6 N–H and O–H groups in total. The first-order valence-electron chi connectivity index (χ1n) is 6.13. The minimum absolute atomic E-state index is 0.750. The third kappa shape index (κ3) is 49.7. The molecule has 2 aromatic rings. The first-order chi connectivity index (χ1) is 13.5. The molecule has 0 amide bonds. The van der Waals surface area contributed by atoms with Gasteiger partial charge < -0.3 is 0 Å². The summed E-state index contributed by atoms with van der Waals surface area (Å²) >= 11 is 0. The summed E-state index contributed by atoms with van der Waals surface area (Å²) in [6.07, 6.45) is 4.50. The highest BCUT2D eigenvalue weighted by atomic mass is 16.1. The van der Waals surface area contributed by atoms with Crippen molar-refractivity contribution in [2.45, 2.75) is 0 Å². The van der Waals surface area contributed by atoms with E-state index in [1.165, 1.54) is 10.8 Å². The number of isocyanates is 6. The van der Waals surface area contributed by atoms with Crippen molar-refractivity contribution in [2.75, 3.05) is 0 Å². The average molecular weight is 386 g/mol. The van der Waals surface area contributed by atoms with Gasteiger partial charge in [0, 0.05) is 0 Å². The highest BCUT2D eigenvalue weighted by Gasteiger charge is 1.85. The van der Waals surface area contributed by atoms with Gasteiger partial charge in [0.05, 0.1) is 0 Å². The number of rotatable bonds is 0. The Bertz CT molecular complexity index is 673. The van der Waals surface area contributed by atoms with Crippen LogP contribution in [0, 0.1) is 32.5 Å². The fraction of sp³-hybridized carbons (Fsp3) is 0. The molecule has 0 saturated carbocycles. The van der Waals surface area contributed by atoms with Crippen LogP contribution in [-0.4, -0.2) is 36.5 Å². The van der Waals surface area contributed by atoms with E-state index in [0.29, 0.717) is 0 Å². The second-order valence-electron chi connectivity index (χ2n) is 2.96. The maximum absolute atomic E-state index is 8.35. The molecule has 0 bridgehead atoms. The third-order valence-electron chi connectivity index (χ3n) is 1.66. The molecule has 2 aromatic carbocycles. The lowest BCUT2D eigenvalue weighted by Gasteiger charge is -1.92. The summed E-state index contributed by atoms with van der Waals surface area (Å²) in [5.41, 5.74) is 0. The van der Waals surface area contributed by atoms with Gasteiger partial charge in [-0.1, -0.05) is 48.5 Å². The summed E-state index contributed by atoms with van der Waals surface area (Å²) in [6.45, 7) is 0. The molecule has 12 heteroatoms. The Morgan fingerprint density at radius 2 is 0.500 bits per heavy atom. The normalized spacial score (nSPS) is 5.29. The Morgan fingerprint density at radius 3 is 0.607 bits per heavy atom. The number of hydrogen-bond acceptors (Lipinski definition) is 12. The summed E-state index contributed by atoms with van der Waals surface area (Å²) in [5, 5.41) is 35.0. The monoisotopic (exact) mass is 386 g/mol. The van der Waals surface area contributed by atoms with Gasteiger partial charge in [0.1, 0.15) is 0 Å². The zero-order chi connectivity index (χ0) is 23.1. The second-order valence-corrected chi connectivity index (χ2v) is 2.96. The predicted octanol–water partition coefficient (Wildman–Crippen LogP) is 2.25. The van der Waals surface area contributed by atoms with Crippen molar-refractivity contribution < 1.29 is 28.8 Å². The first-order valence-corrected chi connectivity index (χ1v) is 6.13. The Labute approximate surface area is 157 Å². The van der Waals surface area contributed by atoms with E-state index in [9.17, 15) is 0 Å². The molecule has 0 aliphatic rings. The fourth-order valence-corrected chi connectivity index (χ4v) is 1.13. The Balaban J connectivity index is -0.0000000837. The Kier molecular flexibility index (Phi) is 52.9. The predicted molar refractivity (Wildman–Crippen MR) is 94.4 cm³/mol. The first kappa shape index (κ1) is 34.3. The lowest BCUT2D eigenvalue weighted by molar-refractivity contribution is 0.562. The topological polar surface area (TPSA) is 246 Å². The number of fused-ring (bicyclic) bond motifs is 1. The van der Waals surface area contributed by atoms with E-state index in [2.05, 4.69) is 48.5 Å². The van der Waals surface area contributed by atoms with Crippen LogP contribution in [0.2, 0.25) is 0 Å². The molecule has 0 unspecified atom stereocenters. The Morgan fingerprint density at radius 1 is 0.393 bits per heavy atom. The number of carbonyl (C=O) groups excluding carboxylic acids is 6. The molecule has 0 heterocycles. The van der Waals surface area contributed by atoms with Crippen LogP contribution in [0.4, 0.5) is 0 Å². The third-order valence-corrected chi connectivity index (χ3v) is 1.66. The minimum Gasteiger partial charge on any atom is -0.222 e. The van der Waals surface area contributed by atoms with E-state index >= 15 is 0 Å². The van der Waals surface area contributed by atoms with Crippen molar-refractivity contribution in [3.05, 3.63) is 48.5 Å². The van der Waals surface area contributed by atoms with Crippen molar-refractivity contribution in [1.29, 1.82) is 32.5 Å². The zero-order valence-electron chi connectivity index (χ0n) is 14.1. The number of nitrogens with one attached hydrogen (secondary N) is 6. The summed E-state index contributed by atoms with van der Waals surface area (Å²) in [5.74, 6) is 0. The molecule has 0 radical (unpaired) electrons. The molecule has 2 rings (SSSR count). The highest BCUT2D eigenvalue weighted by molar-refractivity contribution is 5.81. The number of benzene rings is 2. The maximum atomic E-state index is 8.35. The van der Waals surface area contributed by atoms with Crippen molar-refractivity contribution in [2.24, 2.45) is 0 Å². The van der Waals surface area contributed by atoms with Gasteiger partial charge in [-0.25, -0.2) is 61.2 Å². The van der Waals surface area contributed by atoms with Crippen LogP contribution >= 0.6 is 0 Å². The van der Waals surface area contributed by atoms with Crippen molar-refractivity contribution in [3.8, 4) is 0 Å². The van der Waals surface area contributed by atoms with Crippen LogP contribution in [0.25, 0.3) is 10.8 Å². The standard InChI is InChI=1S/C10H8.6CHNO/c1-2-6-10-8-4-3-7-9(10)5-1;6*2-1-3/h1-8H;6*2H. The molecule has 0 atom stereocenters. The van der Waals surface area contributed by atoms with Crippen LogP contribution in [0.5, 0.6) is 0 Å². The van der Waals surface area contributed by atoms with Crippen LogP contribution in [0.1, 0.15) is 0 Å². The van der Waals surface area contributed by atoms with Gasteiger partial charge in [-0.2, -0.15) is 0 Å². The van der Waals surface area contributed by atoms with Crippen LogP contribution in [0.15, 0.2) is 48.5 Å². The van der Waals surface area contributed by atoms with Crippen molar-refractivity contribution in [3.63, 3.8) is 0 Å². The average Bonchev–Trinajstić information content (AvgIpc) is 2.66. The minimum atomic E-state index is 0.750. The molecular formula is C16H14N6O6. The molecule has 0 saturated heterocycles. The number of hydrogen-bond donors (Lipinski definition) is 6. The molecule has 28 heavy (non-hydrogen) atoms. The molecule has 0 aliphatic heterocycles. The summed E-state index contributed by atoms with van der Waals surface area (Å²) in [7, 11) is 0. The molecular weight excluding hydrogens is 372 g/mol.